The Bertz CT molecular complexity index is 1040. The van der Waals surface area contributed by atoms with Gasteiger partial charge in [0, 0.05) is 50.5 Å². The van der Waals surface area contributed by atoms with E-state index in [0.29, 0.717) is 19.3 Å². The maximum absolute atomic E-state index is 13.6. The number of amides is 4. The molecule has 4 amide bonds. The highest BCUT2D eigenvalue weighted by Crippen LogP contribution is 2.48. The van der Waals surface area contributed by atoms with Crippen LogP contribution in [0.5, 0.6) is 0 Å². The van der Waals surface area contributed by atoms with Crippen LogP contribution in [0.25, 0.3) is 0 Å². The lowest BCUT2D eigenvalue weighted by Gasteiger charge is -2.48. The maximum atomic E-state index is 13.6. The van der Waals surface area contributed by atoms with E-state index in [9.17, 15) is 23.2 Å². The molecule has 1 aromatic rings. The Morgan fingerprint density at radius 2 is 1.63 bits per heavy atom. The largest absolute Gasteiger partial charge is 0.349 e. The topological polar surface area (TPSA) is 73.0 Å². The van der Waals surface area contributed by atoms with Crippen molar-refractivity contribution in [2.45, 2.75) is 107 Å². The fraction of sp³-hybridized carbons (Fsp3) is 0.690. The second-order valence-corrected chi connectivity index (χ2v) is 12.1. The molecule has 5 rings (SSSR count). The third kappa shape index (κ3) is 4.82. The second-order valence-electron chi connectivity index (χ2n) is 12.1. The summed E-state index contributed by atoms with van der Waals surface area (Å²) in [5.41, 5.74) is 0.241. The van der Waals surface area contributed by atoms with Gasteiger partial charge in [0.05, 0.1) is 6.04 Å². The van der Waals surface area contributed by atoms with Crippen LogP contribution in [0.1, 0.15) is 83.2 Å². The average Bonchev–Trinajstić information content (AvgIpc) is 3.23. The number of benzene rings is 1. The van der Waals surface area contributed by atoms with Gasteiger partial charge in [-0.15, -0.1) is 0 Å². The highest BCUT2D eigenvalue weighted by Gasteiger charge is 2.62. The number of carbonyl (C=O) groups excluding carboxylic acids is 3. The monoisotopic (exact) mass is 530 g/mol. The van der Waals surface area contributed by atoms with E-state index in [1.807, 2.05) is 44.2 Å². The molecule has 4 aliphatic rings. The number of halogens is 2. The molecule has 0 radical (unpaired) electrons. The Kier molecular flexibility index (Phi) is 7.26. The van der Waals surface area contributed by atoms with Crippen LogP contribution in [0.3, 0.4) is 0 Å². The van der Waals surface area contributed by atoms with E-state index < -0.39 is 11.5 Å². The number of imide groups is 1. The molecule has 4 fully saturated rings. The van der Waals surface area contributed by atoms with E-state index in [4.69, 9.17) is 0 Å². The molecule has 3 saturated heterocycles. The predicted octanol–water partition coefficient (Wildman–Crippen LogP) is 4.73. The molecule has 1 aliphatic carbocycles. The van der Waals surface area contributed by atoms with Gasteiger partial charge >= 0.3 is 6.03 Å². The minimum Gasteiger partial charge on any atom is -0.349 e. The quantitative estimate of drug-likeness (QED) is 0.518. The maximum Gasteiger partial charge on any atom is 0.327 e. The summed E-state index contributed by atoms with van der Waals surface area (Å²) in [6, 6.07) is 9.76. The number of rotatable bonds is 7. The molecule has 1 N–H and O–H groups in total. The van der Waals surface area contributed by atoms with E-state index in [-0.39, 0.29) is 73.6 Å². The predicted molar refractivity (Wildman–Crippen MR) is 139 cm³/mol. The van der Waals surface area contributed by atoms with Crippen molar-refractivity contribution in [3.05, 3.63) is 35.9 Å². The van der Waals surface area contributed by atoms with Crippen LogP contribution in [0.15, 0.2) is 30.3 Å². The summed E-state index contributed by atoms with van der Waals surface area (Å²) in [5.74, 6) is -3.26. The number of nitrogens with one attached hydrogen (secondary N) is 1. The van der Waals surface area contributed by atoms with E-state index in [2.05, 4.69) is 10.2 Å². The molecule has 208 valence electrons. The number of hydrogen-bond donors (Lipinski definition) is 1. The molecule has 3 unspecified atom stereocenters. The van der Waals surface area contributed by atoms with Crippen molar-refractivity contribution in [3.8, 4) is 0 Å². The van der Waals surface area contributed by atoms with Crippen LogP contribution in [0.2, 0.25) is 0 Å². The molecule has 3 atom stereocenters. The van der Waals surface area contributed by atoms with Gasteiger partial charge in [0.15, 0.2) is 0 Å². The van der Waals surface area contributed by atoms with Crippen molar-refractivity contribution in [2.75, 3.05) is 13.6 Å². The first-order chi connectivity index (χ1) is 18.0. The highest BCUT2D eigenvalue weighted by atomic mass is 19.3. The summed E-state index contributed by atoms with van der Waals surface area (Å²) in [4.78, 5) is 44.9. The Morgan fingerprint density at radius 3 is 2.21 bits per heavy atom. The van der Waals surface area contributed by atoms with Crippen molar-refractivity contribution in [1.29, 1.82) is 0 Å². The number of likely N-dealkylation sites (N-methyl/N-ethyl adjacent to an activating group) is 1. The van der Waals surface area contributed by atoms with Crippen molar-refractivity contribution < 1.29 is 23.2 Å². The normalized spacial score (nSPS) is 30.5. The van der Waals surface area contributed by atoms with Crippen LogP contribution < -0.4 is 5.32 Å². The van der Waals surface area contributed by atoms with E-state index in [0.717, 1.165) is 24.9 Å². The Labute approximate surface area is 223 Å². The van der Waals surface area contributed by atoms with Gasteiger partial charge in [-0.1, -0.05) is 30.3 Å². The lowest BCUT2D eigenvalue weighted by Crippen LogP contribution is -2.61. The van der Waals surface area contributed by atoms with Crippen molar-refractivity contribution in [1.82, 2.24) is 20.0 Å². The molecule has 2 bridgehead atoms. The lowest BCUT2D eigenvalue weighted by atomic mass is 9.80. The van der Waals surface area contributed by atoms with E-state index in [1.165, 1.54) is 4.90 Å². The van der Waals surface area contributed by atoms with Crippen molar-refractivity contribution >= 4 is 17.8 Å². The SMILES string of the molecule is CC(C)N1C(=O)N(C)C(=O)C12CC1CCC(C2)N1CCC(NC(=O)C1CCC(F)(F)CC1)c1ccccc1. The second kappa shape index (κ2) is 10.2. The van der Waals surface area contributed by atoms with Crippen LogP contribution in [0.4, 0.5) is 13.6 Å². The fourth-order valence-corrected chi connectivity index (χ4v) is 7.49. The summed E-state index contributed by atoms with van der Waals surface area (Å²) < 4.78 is 27.3. The molecule has 1 saturated carbocycles. The summed E-state index contributed by atoms with van der Waals surface area (Å²) in [6.45, 7) is 4.70. The fourth-order valence-electron chi connectivity index (χ4n) is 7.49. The van der Waals surface area contributed by atoms with Crippen LogP contribution >= 0.6 is 0 Å². The van der Waals surface area contributed by atoms with Gasteiger partial charge in [-0.25, -0.2) is 13.6 Å². The molecular weight excluding hydrogens is 490 g/mol. The minimum absolute atomic E-state index is 0.0558. The summed E-state index contributed by atoms with van der Waals surface area (Å²) >= 11 is 0. The van der Waals surface area contributed by atoms with Crippen molar-refractivity contribution in [3.63, 3.8) is 0 Å². The first-order valence-electron chi connectivity index (χ1n) is 14.1. The Morgan fingerprint density at radius 1 is 1.03 bits per heavy atom. The van der Waals surface area contributed by atoms with Gasteiger partial charge in [0.1, 0.15) is 5.54 Å². The number of fused-ring (bicyclic) bond motifs is 2. The first kappa shape index (κ1) is 27.0. The lowest BCUT2D eigenvalue weighted by molar-refractivity contribution is -0.137. The zero-order valence-electron chi connectivity index (χ0n) is 22.7. The van der Waals surface area contributed by atoms with Crippen LogP contribution in [-0.4, -0.2) is 75.7 Å². The summed E-state index contributed by atoms with van der Waals surface area (Å²) in [7, 11) is 1.59. The number of carbonyl (C=O) groups is 3. The number of piperidine rings is 1. The molecule has 3 heterocycles. The highest BCUT2D eigenvalue weighted by molar-refractivity contribution is 6.07. The number of urea groups is 1. The average molecular weight is 531 g/mol. The molecule has 0 aromatic heterocycles. The molecule has 38 heavy (non-hydrogen) atoms. The van der Waals surface area contributed by atoms with Crippen LogP contribution in [-0.2, 0) is 9.59 Å². The number of alkyl halides is 2. The first-order valence-corrected chi connectivity index (χ1v) is 14.1. The molecule has 9 heteroatoms. The zero-order chi connectivity index (χ0) is 27.2. The molecular formula is C29H40F2N4O3. The van der Waals surface area contributed by atoms with Gasteiger partial charge in [-0.3, -0.25) is 19.4 Å². The van der Waals surface area contributed by atoms with Crippen LogP contribution in [0, 0.1) is 5.92 Å². The zero-order valence-corrected chi connectivity index (χ0v) is 22.7. The van der Waals surface area contributed by atoms with E-state index in [1.54, 1.807) is 11.9 Å². The Hall–Kier alpha value is -2.55. The summed E-state index contributed by atoms with van der Waals surface area (Å²) in [5, 5.41) is 3.19. The molecule has 1 spiro atoms. The standard InChI is InChI=1S/C29H40F2N4O3/c1-19(2)35-27(38)33(3)26(37)28(35)17-22-9-10-23(18-28)34(22)16-13-24(20-7-5-4-6-8-20)32-25(36)21-11-14-29(30,31)15-12-21/h4-8,19,21-24H,9-18H2,1-3H3,(H,32,36). The number of hydrogen-bond acceptors (Lipinski definition) is 4. The smallest absolute Gasteiger partial charge is 0.327 e. The van der Waals surface area contributed by atoms with Gasteiger partial charge in [0.2, 0.25) is 11.8 Å². The third-order valence-corrected chi connectivity index (χ3v) is 9.37. The van der Waals surface area contributed by atoms with E-state index >= 15 is 0 Å². The molecule has 1 aromatic carbocycles. The Balaban J connectivity index is 1.28. The molecule has 3 aliphatic heterocycles. The van der Waals surface area contributed by atoms with Gasteiger partial charge < -0.3 is 10.2 Å². The van der Waals surface area contributed by atoms with Gasteiger partial charge in [-0.05, 0) is 64.4 Å². The van der Waals surface area contributed by atoms with Crippen molar-refractivity contribution in [2.24, 2.45) is 5.92 Å². The third-order valence-electron chi connectivity index (χ3n) is 9.37. The van der Waals surface area contributed by atoms with Gasteiger partial charge in [-0.2, -0.15) is 0 Å². The van der Waals surface area contributed by atoms with Gasteiger partial charge in [0.25, 0.3) is 5.91 Å². The number of nitrogens with zero attached hydrogens (tertiary/aromatic N) is 3. The summed E-state index contributed by atoms with van der Waals surface area (Å²) in [6.07, 6.45) is 3.90. The molecule has 7 nitrogen and oxygen atoms in total. The minimum atomic E-state index is -2.66.